The molecule has 0 radical (unpaired) electrons. The van der Waals surface area contributed by atoms with E-state index >= 15 is 0 Å². The maximum atomic E-state index is 2.71. The minimum Gasteiger partial charge on any atom is -0.347 e. The van der Waals surface area contributed by atoms with E-state index in [9.17, 15) is 0 Å². The lowest BCUT2D eigenvalue weighted by atomic mass is 9.64. The SMILES string of the molecule is CN1C(=CC=C2CCCC(C=CC3=[N+](C)c4ccc5ccccc5c4C3(C)C)=C2C(C2=C(C=CC3=[N+](C)c4ccc5ccccc5c4C3(C)C)CCCC2=CC=C2N(C)c3ccc4ccccc4c3C2(C)C)C2=C(C=CC3[NH+](C)c4ccc5ccccc5c4C3(C)C)CCCC2=CC=C2N(C)c3ccc4ccccc4c3C2(C)C)C(C)(C)c2c1ccc1ccccc21. The Kier molecular flexibility index (Phi) is 19.5. The Morgan fingerprint density at radius 3 is 0.945 bits per heavy atom. The summed E-state index contributed by atoms with van der Waals surface area (Å²) in [7, 11) is 14.1. The van der Waals surface area contributed by atoms with E-state index in [1.54, 1.807) is 0 Å². The van der Waals surface area contributed by atoms with Crippen LogP contribution in [0.15, 0.2) is 359 Å². The van der Waals surface area contributed by atoms with Gasteiger partial charge in [0.15, 0.2) is 11.4 Å². The molecule has 21 rings (SSSR count). The molecule has 0 saturated carbocycles. The van der Waals surface area contributed by atoms with Crippen LogP contribution in [0.5, 0.6) is 0 Å². The van der Waals surface area contributed by atoms with Crippen molar-refractivity contribution in [3.05, 3.63) is 392 Å². The normalized spacial score (nSPS) is 23.1. The second-order valence-corrected chi connectivity index (χ2v) is 41.3. The molecule has 1 N–H and O–H groups in total. The van der Waals surface area contributed by atoms with Gasteiger partial charge in [-0.3, -0.25) is 4.90 Å². The smallest absolute Gasteiger partial charge is 0.210 e. The lowest BCUT2D eigenvalue weighted by molar-refractivity contribution is -0.828. The van der Waals surface area contributed by atoms with Crippen molar-refractivity contribution >= 4 is 110 Å². The first-order valence-electron chi connectivity index (χ1n) is 47.0. The highest BCUT2D eigenvalue weighted by molar-refractivity contribution is 6.10. The molecule has 6 aliphatic heterocycles. The van der Waals surface area contributed by atoms with E-state index in [-0.39, 0.29) is 44.4 Å². The van der Waals surface area contributed by atoms with Gasteiger partial charge in [-0.05, 0) is 298 Å². The fourth-order valence-electron chi connectivity index (χ4n) is 26.0. The average Bonchev–Trinajstić information content (AvgIpc) is 1.60. The summed E-state index contributed by atoms with van der Waals surface area (Å²) in [5.41, 5.74) is 33.9. The van der Waals surface area contributed by atoms with Gasteiger partial charge in [0, 0.05) is 118 Å². The van der Waals surface area contributed by atoms with Crippen LogP contribution in [-0.2, 0) is 32.5 Å². The number of benzene rings is 12. The number of nitrogens with zero attached hydrogens (tertiary/aromatic N) is 5. The van der Waals surface area contributed by atoms with Crippen molar-refractivity contribution in [2.45, 2.75) is 179 Å². The molecule has 6 heterocycles. The van der Waals surface area contributed by atoms with Crippen molar-refractivity contribution in [2.24, 2.45) is 5.92 Å². The molecule has 12 aromatic rings. The molecular weight excluding hydrogens is 1540 g/mol. The van der Waals surface area contributed by atoms with E-state index in [0.29, 0.717) is 0 Å². The summed E-state index contributed by atoms with van der Waals surface area (Å²) in [6, 6.07) is 83.0. The molecule has 0 aromatic heterocycles. The van der Waals surface area contributed by atoms with Crippen LogP contribution in [0.3, 0.4) is 0 Å². The number of nitrogens with one attached hydrogen (secondary N) is 1. The van der Waals surface area contributed by atoms with Gasteiger partial charge in [-0.1, -0.05) is 242 Å². The topological polar surface area (TPSA) is 20.2 Å². The van der Waals surface area contributed by atoms with Gasteiger partial charge >= 0.3 is 0 Å². The van der Waals surface area contributed by atoms with Crippen LogP contribution in [-0.4, -0.2) is 68.9 Å². The molecule has 12 aromatic carbocycles. The van der Waals surface area contributed by atoms with E-state index in [1.807, 2.05) is 0 Å². The number of anilines is 3. The predicted molar refractivity (Wildman–Crippen MR) is 541 cm³/mol. The molecule has 2 unspecified atom stereocenters. The van der Waals surface area contributed by atoms with Crippen LogP contribution < -0.4 is 19.6 Å². The van der Waals surface area contributed by atoms with Gasteiger partial charge in [0.25, 0.3) is 0 Å². The summed E-state index contributed by atoms with van der Waals surface area (Å²) < 4.78 is 5.05. The van der Waals surface area contributed by atoms with Crippen molar-refractivity contribution in [1.82, 2.24) is 0 Å². The van der Waals surface area contributed by atoms with Crippen LogP contribution in [0.25, 0.3) is 64.6 Å². The molecule has 0 bridgehead atoms. The van der Waals surface area contributed by atoms with Crippen LogP contribution >= 0.6 is 0 Å². The average molecular weight is 1660 g/mol. The Morgan fingerprint density at radius 2 is 0.606 bits per heavy atom. The van der Waals surface area contributed by atoms with Crippen molar-refractivity contribution < 1.29 is 14.1 Å². The number of hydrogen-bond donors (Lipinski definition) is 1. The fraction of sp³-hybridized carbons (Fsp3) is 0.289. The Hall–Kier alpha value is -12.2. The minimum atomic E-state index is -0.322. The second kappa shape index (κ2) is 30.2. The highest BCUT2D eigenvalue weighted by Gasteiger charge is 2.51. The molecule has 6 nitrogen and oxygen atoms in total. The molecule has 3 aliphatic carbocycles. The number of likely N-dealkylation sites (N-methyl/N-ethyl adjacent to an activating group) is 4. The maximum Gasteiger partial charge on any atom is 0.210 e. The summed E-state index contributed by atoms with van der Waals surface area (Å²) in [6.45, 7) is 29.9. The molecule has 634 valence electrons. The van der Waals surface area contributed by atoms with Gasteiger partial charge in [0.1, 0.15) is 25.8 Å². The van der Waals surface area contributed by atoms with Gasteiger partial charge in [-0.2, -0.15) is 9.15 Å². The Morgan fingerprint density at radius 1 is 0.315 bits per heavy atom. The summed E-state index contributed by atoms with van der Waals surface area (Å²) in [5.74, 6) is -0.260. The van der Waals surface area contributed by atoms with Gasteiger partial charge in [-0.15, -0.1) is 0 Å². The van der Waals surface area contributed by atoms with E-state index in [2.05, 4.69) is 441 Å². The van der Waals surface area contributed by atoms with E-state index in [1.165, 1.54) is 216 Å². The Balaban J connectivity index is 0.878. The quantitative estimate of drug-likeness (QED) is 0.123. The van der Waals surface area contributed by atoms with Crippen molar-refractivity contribution in [3.8, 4) is 0 Å². The predicted octanol–water partition coefficient (Wildman–Crippen LogP) is 28.3. The second-order valence-electron chi connectivity index (χ2n) is 41.3. The summed E-state index contributed by atoms with van der Waals surface area (Å²) in [5, 5.41) is 15.7. The first-order valence-corrected chi connectivity index (χ1v) is 47.0. The fourth-order valence-corrected chi connectivity index (χ4v) is 26.0. The van der Waals surface area contributed by atoms with Crippen molar-refractivity contribution in [1.29, 1.82) is 0 Å². The van der Waals surface area contributed by atoms with E-state index in [4.69, 9.17) is 0 Å². The van der Waals surface area contributed by atoms with Crippen LogP contribution in [0.1, 0.15) is 174 Å². The summed E-state index contributed by atoms with van der Waals surface area (Å²) in [6.07, 6.45) is 40.3. The zero-order valence-electron chi connectivity index (χ0n) is 78.0. The Labute approximate surface area is 753 Å². The number of allylic oxidation sites excluding steroid dienone is 23. The molecule has 127 heavy (non-hydrogen) atoms. The lowest BCUT2D eigenvalue weighted by Crippen LogP contribution is -3.07. The van der Waals surface area contributed by atoms with Gasteiger partial charge < -0.3 is 14.7 Å². The third-order valence-electron chi connectivity index (χ3n) is 32.0. The Bertz CT molecular complexity index is 6960. The standard InChI is InChI=1S/C121H122N6/c1-116(2)100(122(13)94-64-52-76-34-19-25-46-88(76)110(94)116)70-58-82-40-31-41-83(59-71-101-117(3,4)111-89-47-26-20-35-77(89)53-65-95(111)123(101)14)106(82)109(107-84(60-72-102-118(5,6)112-90-48-27-21-36-78(90)54-66-96(112)124(102)15)42-32-43-85(107)61-73-103-119(7,8)113-91-49-28-22-37-79(91)55-67-97(113)125(103)16)108-86(62-74-104-120(9,10)114-92-50-29-23-38-80(92)56-68-98(114)126(104)17)44-33-45-87(108)63-75-105-121(11,12)115-93-51-30-24-39-81(93)57-69-99(115)127(105)18/h19-30,34-39,46-75,100,109H,31-33,40-45H2,1-18H3/q+2/p+1. The zero-order valence-corrected chi connectivity index (χ0v) is 78.0. The molecule has 6 heteroatoms. The molecule has 0 spiro atoms. The third-order valence-corrected chi connectivity index (χ3v) is 32.0. The third kappa shape index (κ3) is 12.6. The minimum absolute atomic E-state index is 0.137. The highest BCUT2D eigenvalue weighted by atomic mass is 15.2. The van der Waals surface area contributed by atoms with E-state index in [0.717, 1.165) is 57.8 Å². The zero-order chi connectivity index (χ0) is 87.9. The highest BCUT2D eigenvalue weighted by Crippen LogP contribution is 2.58. The molecule has 0 saturated heterocycles. The van der Waals surface area contributed by atoms with Crippen LogP contribution in [0, 0.1) is 5.92 Å². The lowest BCUT2D eigenvalue weighted by Gasteiger charge is -2.39. The van der Waals surface area contributed by atoms with Crippen molar-refractivity contribution in [2.75, 3.05) is 57.0 Å². The molecular formula is C121H123N6+3. The number of hydrogen-bond acceptors (Lipinski definition) is 3. The summed E-state index contributed by atoms with van der Waals surface area (Å²) in [4.78, 5) is 9.02. The van der Waals surface area contributed by atoms with Gasteiger partial charge in [0.2, 0.25) is 11.4 Å². The van der Waals surface area contributed by atoms with E-state index < -0.39 is 0 Å². The van der Waals surface area contributed by atoms with Gasteiger partial charge in [-0.25, -0.2) is 0 Å². The maximum absolute atomic E-state index is 2.71. The van der Waals surface area contributed by atoms with Crippen molar-refractivity contribution in [3.63, 3.8) is 0 Å². The van der Waals surface area contributed by atoms with Gasteiger partial charge in [0.05, 0.1) is 23.3 Å². The first kappa shape index (κ1) is 81.8. The van der Waals surface area contributed by atoms with Crippen LogP contribution in [0.4, 0.5) is 34.1 Å². The number of fused-ring (bicyclic) bond motifs is 18. The summed E-state index contributed by atoms with van der Waals surface area (Å²) >= 11 is 0. The monoisotopic (exact) mass is 1660 g/mol. The van der Waals surface area contributed by atoms with Crippen LogP contribution in [0.2, 0.25) is 0 Å². The number of rotatable bonds is 12. The molecule has 0 fully saturated rings. The molecule has 0 amide bonds. The number of quaternary nitrogens is 1. The molecule has 2 atom stereocenters. The first-order chi connectivity index (χ1) is 61.1. The molecule has 9 aliphatic rings. The largest absolute Gasteiger partial charge is 0.347 e.